The van der Waals surface area contributed by atoms with Crippen LogP contribution in [-0.2, 0) is 20.3 Å². The van der Waals surface area contributed by atoms with Gasteiger partial charge in [-0.2, -0.15) is 0 Å². The van der Waals surface area contributed by atoms with Crippen LogP contribution in [0.3, 0.4) is 0 Å². The molecule has 0 aromatic heterocycles. The molecule has 3 rings (SSSR count). The Kier molecular flexibility index (Phi) is 4.30. The molecule has 21 heavy (non-hydrogen) atoms. The number of carbonyl (C=O) groups is 1. The zero-order chi connectivity index (χ0) is 15.1. The molecular weight excluding hydrogens is 331 g/mol. The number of carbonyl (C=O) groups excluding carboxylic acids is 1. The van der Waals surface area contributed by atoms with E-state index in [1.807, 2.05) is 12.1 Å². The molecule has 2 heterocycles. The summed E-state index contributed by atoms with van der Waals surface area (Å²) < 4.78 is 17.3. The number of esters is 1. The number of fused-ring (bicyclic) bond motifs is 2. The summed E-state index contributed by atoms with van der Waals surface area (Å²) in [6.07, 6.45) is 2.48. The van der Waals surface area contributed by atoms with Gasteiger partial charge in [0.2, 0.25) is 0 Å². The highest BCUT2D eigenvalue weighted by molar-refractivity contribution is 7.86. The van der Waals surface area contributed by atoms with E-state index < -0.39 is 10.8 Å². The molecule has 2 fully saturated rings. The predicted octanol–water partition coefficient (Wildman–Crippen LogP) is 3.55. The molecule has 2 aliphatic heterocycles. The molecule has 1 aromatic rings. The highest BCUT2D eigenvalue weighted by Crippen LogP contribution is 2.48. The molecule has 5 atom stereocenters. The Morgan fingerprint density at radius 3 is 2.71 bits per heavy atom. The number of hydrogen-bond acceptors (Lipinski definition) is 3. The van der Waals surface area contributed by atoms with Gasteiger partial charge in [0.1, 0.15) is 0 Å². The van der Waals surface area contributed by atoms with Crippen molar-refractivity contribution >= 4 is 40.0 Å². The first-order valence-electron chi connectivity index (χ1n) is 6.95. The van der Waals surface area contributed by atoms with Crippen molar-refractivity contribution in [3.05, 3.63) is 33.8 Å². The summed E-state index contributed by atoms with van der Waals surface area (Å²) in [6.45, 7) is 0. The van der Waals surface area contributed by atoms with Gasteiger partial charge in [-0.05, 0) is 42.9 Å². The van der Waals surface area contributed by atoms with Gasteiger partial charge >= 0.3 is 5.97 Å². The van der Waals surface area contributed by atoms with Crippen molar-refractivity contribution in [2.24, 2.45) is 5.92 Å². The fourth-order valence-electron chi connectivity index (χ4n) is 3.59. The van der Waals surface area contributed by atoms with Crippen LogP contribution in [-0.4, -0.2) is 27.8 Å². The summed E-state index contributed by atoms with van der Waals surface area (Å²) in [4.78, 5) is 12.2. The van der Waals surface area contributed by atoms with Crippen LogP contribution in [0.15, 0.2) is 18.2 Å². The number of benzene rings is 1. The second-order valence-corrected chi connectivity index (χ2v) is 8.37. The van der Waals surface area contributed by atoms with Gasteiger partial charge in [-0.1, -0.05) is 29.3 Å². The quantitative estimate of drug-likeness (QED) is 0.769. The van der Waals surface area contributed by atoms with Crippen molar-refractivity contribution in [1.29, 1.82) is 0 Å². The van der Waals surface area contributed by atoms with E-state index >= 15 is 0 Å². The lowest BCUT2D eigenvalue weighted by molar-refractivity contribution is -0.146. The Balaban J connectivity index is 2.00. The smallest absolute Gasteiger partial charge is 0.310 e. The summed E-state index contributed by atoms with van der Waals surface area (Å²) in [7, 11) is 0.452. The highest BCUT2D eigenvalue weighted by Gasteiger charge is 2.51. The van der Waals surface area contributed by atoms with Crippen molar-refractivity contribution in [2.75, 3.05) is 7.11 Å². The number of halogens is 2. The summed E-state index contributed by atoms with van der Waals surface area (Å²) in [5.41, 5.74) is 0.980. The van der Waals surface area contributed by atoms with Gasteiger partial charge in [-0.3, -0.25) is 9.00 Å². The van der Waals surface area contributed by atoms with Gasteiger partial charge in [0, 0.05) is 21.3 Å². The second-order valence-electron chi connectivity index (χ2n) is 5.63. The van der Waals surface area contributed by atoms with Gasteiger partial charge in [0.05, 0.1) is 23.1 Å². The van der Waals surface area contributed by atoms with Crippen LogP contribution in [0, 0.1) is 5.92 Å². The van der Waals surface area contributed by atoms with Gasteiger partial charge in [0.15, 0.2) is 0 Å². The highest BCUT2D eigenvalue weighted by atomic mass is 35.5. The Hall–Kier alpha value is -0.580. The van der Waals surface area contributed by atoms with Crippen LogP contribution in [0.2, 0.25) is 10.0 Å². The first-order chi connectivity index (χ1) is 10.0. The summed E-state index contributed by atoms with van der Waals surface area (Å²) >= 11 is 12.1. The lowest BCUT2D eigenvalue weighted by Crippen LogP contribution is -2.41. The topological polar surface area (TPSA) is 43.4 Å². The number of methoxy groups -OCH3 is 1. The minimum Gasteiger partial charge on any atom is -0.469 e. The van der Waals surface area contributed by atoms with Crippen LogP contribution in [0.5, 0.6) is 0 Å². The van der Waals surface area contributed by atoms with Gasteiger partial charge in [0.25, 0.3) is 0 Å². The van der Waals surface area contributed by atoms with Crippen molar-refractivity contribution in [3.63, 3.8) is 0 Å². The van der Waals surface area contributed by atoms with Gasteiger partial charge < -0.3 is 4.74 Å². The first-order valence-corrected chi connectivity index (χ1v) is 8.98. The van der Waals surface area contributed by atoms with E-state index in [4.69, 9.17) is 27.9 Å². The molecule has 3 nitrogen and oxygen atoms in total. The molecule has 6 heteroatoms. The van der Waals surface area contributed by atoms with Crippen molar-refractivity contribution in [2.45, 2.75) is 35.7 Å². The zero-order valence-corrected chi connectivity index (χ0v) is 13.9. The molecule has 2 aliphatic rings. The molecule has 114 valence electrons. The van der Waals surface area contributed by atoms with E-state index in [2.05, 4.69) is 0 Å². The molecule has 0 radical (unpaired) electrons. The van der Waals surface area contributed by atoms with Crippen LogP contribution in [0.25, 0.3) is 0 Å². The van der Waals surface area contributed by atoms with Gasteiger partial charge in [-0.15, -0.1) is 0 Å². The third-order valence-corrected chi connectivity index (χ3v) is 7.55. The Bertz CT molecular complexity index is 605. The van der Waals surface area contributed by atoms with Gasteiger partial charge in [-0.25, -0.2) is 0 Å². The molecule has 0 saturated carbocycles. The Morgan fingerprint density at radius 1 is 1.29 bits per heavy atom. The minimum atomic E-state index is -0.935. The molecule has 1 aromatic carbocycles. The maximum absolute atomic E-state index is 12.4. The fraction of sp³-hybridized carbons (Fsp3) is 0.533. The van der Waals surface area contributed by atoms with Crippen LogP contribution < -0.4 is 0 Å². The van der Waals surface area contributed by atoms with Crippen LogP contribution in [0.1, 0.15) is 30.7 Å². The zero-order valence-electron chi connectivity index (χ0n) is 11.6. The largest absolute Gasteiger partial charge is 0.469 e. The molecule has 2 saturated heterocycles. The SMILES string of the molecule is COC(=O)[C@@H]1C2CCC(C[C@@H]1c1ccc(Cl)c(Cl)c1)S2=O. The van der Waals surface area contributed by atoms with Crippen LogP contribution in [0.4, 0.5) is 0 Å². The van der Waals surface area contributed by atoms with Crippen LogP contribution >= 0.6 is 23.2 Å². The van der Waals surface area contributed by atoms with Crippen molar-refractivity contribution < 1.29 is 13.7 Å². The molecule has 0 N–H and O–H groups in total. The molecule has 0 aliphatic carbocycles. The number of hydrogen-bond donors (Lipinski definition) is 0. The average Bonchev–Trinajstić information content (AvgIpc) is 2.72. The third kappa shape index (κ3) is 2.62. The van der Waals surface area contributed by atoms with E-state index in [9.17, 15) is 9.00 Å². The van der Waals surface area contributed by atoms with E-state index in [-0.39, 0.29) is 28.3 Å². The minimum absolute atomic E-state index is 0.00224. The lowest BCUT2D eigenvalue weighted by atomic mass is 9.81. The Morgan fingerprint density at radius 2 is 2.05 bits per heavy atom. The maximum atomic E-state index is 12.4. The summed E-state index contributed by atoms with van der Waals surface area (Å²) in [5, 5.41) is 1.06. The molecular formula is C15H16Cl2O3S. The average molecular weight is 347 g/mol. The molecule has 2 bridgehead atoms. The maximum Gasteiger partial charge on any atom is 0.310 e. The summed E-state index contributed by atoms with van der Waals surface area (Å²) in [6, 6.07) is 5.47. The second kappa shape index (κ2) is 5.90. The number of rotatable bonds is 2. The fourth-order valence-corrected chi connectivity index (χ4v) is 6.12. The molecule has 0 spiro atoms. The Labute approximate surface area is 136 Å². The molecule has 3 unspecified atom stereocenters. The van der Waals surface area contributed by atoms with E-state index in [1.165, 1.54) is 7.11 Å². The standard InChI is InChI=1S/C15H16Cl2O3S/c1-20-15(18)14-10(7-9-3-5-13(14)21(9)19)8-2-4-11(16)12(17)6-8/h2,4,6,9-10,13-14H,3,5,7H2,1H3/t9?,10-,13?,14+,21?/m1/s1. The predicted molar refractivity (Wildman–Crippen MR) is 84.3 cm³/mol. The molecule has 0 amide bonds. The van der Waals surface area contributed by atoms with E-state index in [0.29, 0.717) is 10.0 Å². The summed E-state index contributed by atoms with van der Waals surface area (Å²) in [5.74, 6) is -0.626. The van der Waals surface area contributed by atoms with E-state index in [0.717, 1.165) is 24.8 Å². The lowest BCUT2D eigenvalue weighted by Gasteiger charge is -2.34. The monoisotopic (exact) mass is 346 g/mol. The van der Waals surface area contributed by atoms with Crippen molar-refractivity contribution in [1.82, 2.24) is 0 Å². The third-order valence-electron chi connectivity index (χ3n) is 4.60. The van der Waals surface area contributed by atoms with E-state index in [1.54, 1.807) is 6.07 Å². The normalized spacial score (nSPS) is 34.7. The number of ether oxygens (including phenoxy) is 1. The first kappa shape index (κ1) is 15.3. The van der Waals surface area contributed by atoms with Crippen molar-refractivity contribution in [3.8, 4) is 0 Å².